The quantitative estimate of drug-likeness (QED) is 0.862. The third kappa shape index (κ3) is 4.77. The highest BCUT2D eigenvalue weighted by Crippen LogP contribution is 2.40. The fraction of sp³-hybridized carbons (Fsp3) is 0.478. The minimum Gasteiger partial charge on any atom is -0.465 e. The highest BCUT2D eigenvalue weighted by atomic mass is 16.3. The van der Waals surface area contributed by atoms with Crippen LogP contribution in [0, 0.1) is 5.41 Å². The molecule has 0 radical (unpaired) electrons. The van der Waals surface area contributed by atoms with E-state index in [9.17, 15) is 9.90 Å². The second-order valence-electron chi connectivity index (χ2n) is 8.57. The fourth-order valence-electron chi connectivity index (χ4n) is 4.74. The van der Waals surface area contributed by atoms with Crippen molar-refractivity contribution in [3.8, 4) is 0 Å². The number of rotatable bonds is 4. The number of nitrogens with zero attached hydrogens (tertiary/aromatic N) is 3. The average Bonchev–Trinajstić information content (AvgIpc) is 3.22. The van der Waals surface area contributed by atoms with Gasteiger partial charge in [0.15, 0.2) is 0 Å². The van der Waals surface area contributed by atoms with Crippen molar-refractivity contribution >= 4 is 12.0 Å². The largest absolute Gasteiger partial charge is 0.465 e. The Morgan fingerprint density at radius 1 is 1.34 bits per heavy atom. The summed E-state index contributed by atoms with van der Waals surface area (Å²) >= 11 is 0. The molecule has 0 bridgehead atoms. The molecule has 1 spiro atoms. The first-order valence-electron chi connectivity index (χ1n) is 10.3. The number of hydrogen-bond acceptors (Lipinski definition) is 5. The molecule has 1 atom stereocenters. The maximum atomic E-state index is 12.9. The topological polar surface area (TPSA) is 69.8 Å². The van der Waals surface area contributed by atoms with Gasteiger partial charge in [0.25, 0.3) is 5.91 Å². The molecule has 6 heteroatoms. The second kappa shape index (κ2) is 8.51. The van der Waals surface area contributed by atoms with E-state index in [1.807, 2.05) is 17.0 Å². The van der Waals surface area contributed by atoms with Gasteiger partial charge in [0.1, 0.15) is 5.76 Å². The van der Waals surface area contributed by atoms with Crippen LogP contribution in [0.5, 0.6) is 0 Å². The summed E-state index contributed by atoms with van der Waals surface area (Å²) in [6, 6.07) is 7.43. The van der Waals surface area contributed by atoms with E-state index in [0.29, 0.717) is 18.7 Å². The first kappa shape index (κ1) is 19.9. The molecule has 0 aromatic carbocycles. The molecule has 2 aromatic rings. The van der Waals surface area contributed by atoms with E-state index in [4.69, 9.17) is 4.42 Å². The number of carbonyl (C=O) groups is 1. The Morgan fingerprint density at radius 2 is 2.17 bits per heavy atom. The maximum absolute atomic E-state index is 12.9. The number of aliphatic hydroxyl groups is 1. The fourth-order valence-corrected chi connectivity index (χ4v) is 4.74. The van der Waals surface area contributed by atoms with E-state index in [1.54, 1.807) is 30.8 Å². The molecule has 154 valence electrons. The number of pyridine rings is 1. The molecule has 2 aliphatic rings. The van der Waals surface area contributed by atoms with Crippen LogP contribution in [-0.2, 0) is 0 Å². The summed E-state index contributed by atoms with van der Waals surface area (Å²) in [4.78, 5) is 21.2. The van der Waals surface area contributed by atoms with Gasteiger partial charge in [-0.2, -0.15) is 0 Å². The van der Waals surface area contributed by atoms with E-state index in [-0.39, 0.29) is 11.3 Å². The molecule has 2 saturated heterocycles. The van der Waals surface area contributed by atoms with Crippen molar-refractivity contribution in [1.82, 2.24) is 14.8 Å². The lowest BCUT2D eigenvalue weighted by Crippen LogP contribution is -2.55. The smallest absolute Gasteiger partial charge is 0.255 e. The number of carbonyl (C=O) groups excluding carboxylic acids is 1. The molecule has 6 nitrogen and oxygen atoms in total. The van der Waals surface area contributed by atoms with Gasteiger partial charge in [0, 0.05) is 32.0 Å². The van der Waals surface area contributed by atoms with Crippen molar-refractivity contribution in [3.63, 3.8) is 0 Å². The summed E-state index contributed by atoms with van der Waals surface area (Å²) in [6.07, 6.45) is 9.35. The van der Waals surface area contributed by atoms with E-state index in [0.717, 1.165) is 44.7 Å². The van der Waals surface area contributed by atoms with E-state index < -0.39 is 6.10 Å². The van der Waals surface area contributed by atoms with E-state index in [2.05, 4.69) is 22.9 Å². The summed E-state index contributed by atoms with van der Waals surface area (Å²) in [5.41, 5.74) is 1.87. The average molecular weight is 396 g/mol. The number of amides is 1. The van der Waals surface area contributed by atoms with Crippen molar-refractivity contribution in [2.45, 2.75) is 32.3 Å². The van der Waals surface area contributed by atoms with Gasteiger partial charge in [0.2, 0.25) is 0 Å². The molecule has 0 saturated carbocycles. The first-order chi connectivity index (χ1) is 14.0. The van der Waals surface area contributed by atoms with Crippen molar-refractivity contribution < 1.29 is 14.3 Å². The van der Waals surface area contributed by atoms with Crippen LogP contribution in [0.25, 0.3) is 6.08 Å². The van der Waals surface area contributed by atoms with Gasteiger partial charge in [0.05, 0.1) is 17.9 Å². The highest BCUT2D eigenvalue weighted by molar-refractivity contribution is 5.94. The molecular weight excluding hydrogens is 366 g/mol. The van der Waals surface area contributed by atoms with Gasteiger partial charge in [-0.25, -0.2) is 0 Å². The lowest BCUT2D eigenvalue weighted by Gasteiger charge is -2.49. The van der Waals surface area contributed by atoms with Gasteiger partial charge in [-0.3, -0.25) is 14.7 Å². The summed E-state index contributed by atoms with van der Waals surface area (Å²) in [7, 11) is 0. The molecule has 4 heterocycles. The zero-order chi connectivity index (χ0) is 20.3. The molecule has 29 heavy (non-hydrogen) atoms. The van der Waals surface area contributed by atoms with Crippen molar-refractivity contribution in [2.75, 3.05) is 32.7 Å². The molecule has 1 unspecified atom stereocenters. The Bertz CT molecular complexity index is 840. The lowest BCUT2D eigenvalue weighted by molar-refractivity contribution is -0.0316. The number of likely N-dealkylation sites (tertiary alicyclic amines) is 2. The number of piperidine rings is 2. The summed E-state index contributed by atoms with van der Waals surface area (Å²) in [5, 5.41) is 10.5. The van der Waals surface area contributed by atoms with Gasteiger partial charge in [-0.1, -0.05) is 5.57 Å². The SMILES string of the molecule is C/C(=C\c1ccco1)CN1CCC2(CC1)CC(O)CN(C(=O)c1cccnc1)C2. The minimum atomic E-state index is -0.462. The first-order valence-corrected chi connectivity index (χ1v) is 10.3. The molecular formula is C23H29N3O3. The van der Waals surface area contributed by atoms with Crippen LogP contribution in [-0.4, -0.2) is 64.6 Å². The van der Waals surface area contributed by atoms with Crippen LogP contribution in [0.1, 0.15) is 42.3 Å². The van der Waals surface area contributed by atoms with Gasteiger partial charge in [-0.05, 0) is 75.0 Å². The van der Waals surface area contributed by atoms with Crippen molar-refractivity contribution in [2.24, 2.45) is 5.41 Å². The van der Waals surface area contributed by atoms with Crippen molar-refractivity contribution in [3.05, 3.63) is 59.8 Å². The van der Waals surface area contributed by atoms with Crippen LogP contribution < -0.4 is 0 Å². The summed E-state index contributed by atoms with van der Waals surface area (Å²) in [5.74, 6) is 0.854. The van der Waals surface area contributed by atoms with Crippen LogP contribution >= 0.6 is 0 Å². The normalized spacial score (nSPS) is 22.8. The molecule has 2 aliphatic heterocycles. The number of β-amino-alcohol motifs (C(OH)–C–C–N with tert-alkyl or cyclic N) is 1. The Balaban J connectivity index is 1.37. The third-order valence-electron chi connectivity index (χ3n) is 6.14. The molecule has 2 aromatic heterocycles. The molecule has 4 rings (SSSR count). The van der Waals surface area contributed by atoms with Crippen LogP contribution in [0.15, 0.2) is 52.9 Å². The monoisotopic (exact) mass is 395 g/mol. The zero-order valence-electron chi connectivity index (χ0n) is 17.0. The van der Waals surface area contributed by atoms with Crippen LogP contribution in [0.4, 0.5) is 0 Å². The Morgan fingerprint density at radius 3 is 2.86 bits per heavy atom. The van der Waals surface area contributed by atoms with Gasteiger partial charge < -0.3 is 14.4 Å². The number of aliphatic hydroxyl groups excluding tert-OH is 1. The van der Waals surface area contributed by atoms with Crippen LogP contribution in [0.3, 0.4) is 0 Å². The summed E-state index contributed by atoms with van der Waals surface area (Å²) in [6.45, 7) is 6.12. The number of hydrogen-bond donors (Lipinski definition) is 1. The molecule has 1 amide bonds. The van der Waals surface area contributed by atoms with E-state index >= 15 is 0 Å². The summed E-state index contributed by atoms with van der Waals surface area (Å²) < 4.78 is 5.40. The standard InChI is InChI=1S/C23H29N3O3/c1-18(12-21-5-3-11-29-21)15-25-9-6-23(7-10-25)13-20(27)16-26(17-23)22(28)19-4-2-8-24-14-19/h2-5,8,11-12,14,20,27H,6-7,9-10,13,15-17H2,1H3/b18-12+. The predicted molar refractivity (Wildman–Crippen MR) is 111 cm³/mol. The van der Waals surface area contributed by atoms with Crippen LogP contribution in [0.2, 0.25) is 0 Å². The molecule has 1 N–H and O–H groups in total. The predicted octanol–water partition coefficient (Wildman–Crippen LogP) is 3.07. The van der Waals surface area contributed by atoms with Crippen molar-refractivity contribution in [1.29, 1.82) is 0 Å². The molecule has 2 fully saturated rings. The third-order valence-corrected chi connectivity index (χ3v) is 6.14. The Labute approximate surface area is 171 Å². The van der Waals surface area contributed by atoms with Gasteiger partial charge >= 0.3 is 0 Å². The second-order valence-corrected chi connectivity index (χ2v) is 8.57. The van der Waals surface area contributed by atoms with E-state index in [1.165, 1.54) is 5.57 Å². The lowest BCUT2D eigenvalue weighted by atomic mass is 9.71. The minimum absolute atomic E-state index is 0.00463. The maximum Gasteiger partial charge on any atom is 0.255 e. The molecule has 0 aliphatic carbocycles. The number of furan rings is 1. The Kier molecular flexibility index (Phi) is 5.83. The Hall–Kier alpha value is -2.44. The van der Waals surface area contributed by atoms with Gasteiger partial charge in [-0.15, -0.1) is 0 Å². The zero-order valence-corrected chi connectivity index (χ0v) is 17.0. The highest BCUT2D eigenvalue weighted by Gasteiger charge is 2.42. The number of aromatic nitrogens is 1.